The molecule has 0 bridgehead atoms. The second-order valence-corrected chi connectivity index (χ2v) is 6.03. The zero-order valence-electron chi connectivity index (χ0n) is 11.0. The van der Waals surface area contributed by atoms with Crippen LogP contribution in [0, 0.1) is 0 Å². The zero-order valence-corrected chi connectivity index (χ0v) is 12.6. The molecule has 0 amide bonds. The summed E-state index contributed by atoms with van der Waals surface area (Å²) in [7, 11) is 0. The predicted molar refractivity (Wildman–Crippen MR) is 81.7 cm³/mol. The summed E-state index contributed by atoms with van der Waals surface area (Å²) in [5, 5.41) is 3.72. The first-order valence-electron chi connectivity index (χ1n) is 6.94. The number of allylic oxidation sites excluding steroid dienone is 1. The SMILES string of the molecule is C[C@@H](NC1/C=C/CCCCC1)c1cccc(Br)c1. The van der Waals surface area contributed by atoms with Crippen molar-refractivity contribution < 1.29 is 0 Å². The lowest BCUT2D eigenvalue weighted by Crippen LogP contribution is -2.30. The van der Waals surface area contributed by atoms with Gasteiger partial charge in [-0.3, -0.25) is 0 Å². The van der Waals surface area contributed by atoms with Crippen LogP contribution in [0.15, 0.2) is 40.9 Å². The first-order valence-corrected chi connectivity index (χ1v) is 7.73. The van der Waals surface area contributed by atoms with Gasteiger partial charge in [0.2, 0.25) is 0 Å². The van der Waals surface area contributed by atoms with Crippen LogP contribution in [0.1, 0.15) is 50.6 Å². The van der Waals surface area contributed by atoms with E-state index in [2.05, 4.69) is 64.6 Å². The first kappa shape index (κ1) is 13.8. The van der Waals surface area contributed by atoms with Crippen LogP contribution < -0.4 is 5.32 Å². The van der Waals surface area contributed by atoms with Gasteiger partial charge in [-0.1, -0.05) is 53.1 Å². The Balaban J connectivity index is 1.97. The van der Waals surface area contributed by atoms with Crippen molar-refractivity contribution in [2.45, 2.75) is 51.1 Å². The van der Waals surface area contributed by atoms with Crippen LogP contribution in [0.3, 0.4) is 0 Å². The molecule has 2 atom stereocenters. The molecule has 18 heavy (non-hydrogen) atoms. The minimum absolute atomic E-state index is 0.400. The molecule has 0 radical (unpaired) electrons. The molecule has 1 N–H and O–H groups in total. The minimum atomic E-state index is 0.400. The third kappa shape index (κ3) is 4.25. The molecule has 0 fully saturated rings. The van der Waals surface area contributed by atoms with Crippen molar-refractivity contribution >= 4 is 15.9 Å². The highest BCUT2D eigenvalue weighted by atomic mass is 79.9. The average Bonchev–Trinajstić information content (AvgIpc) is 2.32. The quantitative estimate of drug-likeness (QED) is 0.776. The lowest BCUT2D eigenvalue weighted by Gasteiger charge is -2.22. The van der Waals surface area contributed by atoms with Gasteiger partial charge < -0.3 is 5.32 Å². The molecule has 0 aliphatic heterocycles. The van der Waals surface area contributed by atoms with Gasteiger partial charge in [-0.05, 0) is 43.9 Å². The van der Waals surface area contributed by atoms with E-state index in [1.807, 2.05) is 0 Å². The topological polar surface area (TPSA) is 12.0 Å². The van der Waals surface area contributed by atoms with E-state index < -0.39 is 0 Å². The number of hydrogen-bond acceptors (Lipinski definition) is 1. The van der Waals surface area contributed by atoms with Gasteiger partial charge in [-0.15, -0.1) is 0 Å². The van der Waals surface area contributed by atoms with Crippen molar-refractivity contribution in [2.24, 2.45) is 0 Å². The van der Waals surface area contributed by atoms with Crippen LogP contribution in [0.5, 0.6) is 0 Å². The van der Waals surface area contributed by atoms with Gasteiger partial charge in [0.1, 0.15) is 0 Å². The van der Waals surface area contributed by atoms with Crippen LogP contribution in [0.25, 0.3) is 0 Å². The number of nitrogens with one attached hydrogen (secondary N) is 1. The van der Waals surface area contributed by atoms with Crippen molar-refractivity contribution in [3.63, 3.8) is 0 Å². The summed E-state index contributed by atoms with van der Waals surface area (Å²) < 4.78 is 1.15. The molecule has 1 nitrogen and oxygen atoms in total. The average molecular weight is 308 g/mol. The monoisotopic (exact) mass is 307 g/mol. The molecule has 0 heterocycles. The predicted octanol–water partition coefficient (Wildman–Crippen LogP) is 4.99. The maximum Gasteiger partial charge on any atom is 0.0297 e. The van der Waals surface area contributed by atoms with Crippen molar-refractivity contribution in [2.75, 3.05) is 0 Å². The molecule has 1 aromatic carbocycles. The second-order valence-electron chi connectivity index (χ2n) is 5.12. The number of benzene rings is 1. The van der Waals surface area contributed by atoms with Crippen LogP contribution in [0.4, 0.5) is 0 Å². The third-order valence-corrected chi connectivity index (χ3v) is 4.06. The van der Waals surface area contributed by atoms with Crippen molar-refractivity contribution in [3.8, 4) is 0 Å². The summed E-state index contributed by atoms with van der Waals surface area (Å²) in [6.07, 6.45) is 11.3. The number of hydrogen-bond donors (Lipinski definition) is 1. The lowest BCUT2D eigenvalue weighted by molar-refractivity contribution is 0.461. The molecule has 1 aliphatic carbocycles. The molecule has 0 saturated heterocycles. The van der Waals surface area contributed by atoms with E-state index in [-0.39, 0.29) is 0 Å². The Morgan fingerprint density at radius 3 is 3.00 bits per heavy atom. The van der Waals surface area contributed by atoms with E-state index in [0.29, 0.717) is 12.1 Å². The van der Waals surface area contributed by atoms with E-state index in [9.17, 15) is 0 Å². The van der Waals surface area contributed by atoms with Crippen LogP contribution >= 0.6 is 15.9 Å². The molecule has 98 valence electrons. The van der Waals surface area contributed by atoms with Crippen LogP contribution in [-0.2, 0) is 0 Å². The Kier molecular flexibility index (Phi) is 5.45. The maximum atomic E-state index is 3.72. The summed E-state index contributed by atoms with van der Waals surface area (Å²) in [6.45, 7) is 2.24. The third-order valence-electron chi connectivity index (χ3n) is 3.57. The Bertz CT molecular complexity index is 400. The summed E-state index contributed by atoms with van der Waals surface area (Å²) >= 11 is 3.54. The second kappa shape index (κ2) is 7.10. The van der Waals surface area contributed by atoms with E-state index >= 15 is 0 Å². The van der Waals surface area contributed by atoms with Gasteiger partial charge in [0, 0.05) is 16.6 Å². The van der Waals surface area contributed by atoms with Gasteiger partial charge in [0.25, 0.3) is 0 Å². The van der Waals surface area contributed by atoms with Gasteiger partial charge >= 0.3 is 0 Å². The van der Waals surface area contributed by atoms with Crippen LogP contribution in [0.2, 0.25) is 0 Å². The molecule has 1 aromatic rings. The standard InChI is InChI=1S/C16H22BrN/c1-13(14-8-7-9-15(17)12-14)18-16-10-5-3-2-4-6-11-16/h5,7-10,12-13,16,18H,2-4,6,11H2,1H3/b10-5+/t13-,16?/m1/s1. The molecule has 0 saturated carbocycles. The Morgan fingerprint density at radius 2 is 2.17 bits per heavy atom. The van der Waals surface area contributed by atoms with Crippen LogP contribution in [-0.4, -0.2) is 6.04 Å². The molecule has 1 unspecified atom stereocenters. The van der Waals surface area contributed by atoms with Crippen molar-refractivity contribution in [1.82, 2.24) is 5.32 Å². The first-order chi connectivity index (χ1) is 8.75. The molecule has 2 heteroatoms. The molecule has 0 aromatic heterocycles. The Morgan fingerprint density at radius 1 is 1.28 bits per heavy atom. The fourth-order valence-corrected chi connectivity index (χ4v) is 2.91. The molecule has 2 rings (SSSR count). The normalized spacial score (nSPS) is 24.0. The van der Waals surface area contributed by atoms with Gasteiger partial charge in [-0.25, -0.2) is 0 Å². The summed E-state index contributed by atoms with van der Waals surface area (Å²) in [5.41, 5.74) is 1.35. The van der Waals surface area contributed by atoms with E-state index in [1.54, 1.807) is 0 Å². The highest BCUT2D eigenvalue weighted by Crippen LogP contribution is 2.20. The Hall–Kier alpha value is -0.600. The molecular formula is C16H22BrN. The summed E-state index contributed by atoms with van der Waals surface area (Å²) in [4.78, 5) is 0. The smallest absolute Gasteiger partial charge is 0.0297 e. The van der Waals surface area contributed by atoms with E-state index in [4.69, 9.17) is 0 Å². The molecule has 0 spiro atoms. The minimum Gasteiger partial charge on any atom is -0.304 e. The molecular weight excluding hydrogens is 286 g/mol. The summed E-state index contributed by atoms with van der Waals surface area (Å²) in [5.74, 6) is 0. The van der Waals surface area contributed by atoms with Crippen molar-refractivity contribution in [1.29, 1.82) is 0 Å². The lowest BCUT2D eigenvalue weighted by atomic mass is 10.0. The number of rotatable bonds is 3. The summed E-state index contributed by atoms with van der Waals surface area (Å²) in [6, 6.07) is 9.49. The zero-order chi connectivity index (χ0) is 12.8. The van der Waals surface area contributed by atoms with Crippen molar-refractivity contribution in [3.05, 3.63) is 46.5 Å². The highest BCUT2D eigenvalue weighted by Gasteiger charge is 2.12. The van der Waals surface area contributed by atoms with E-state index in [0.717, 1.165) is 4.47 Å². The number of halogens is 1. The maximum absolute atomic E-state index is 3.72. The van der Waals surface area contributed by atoms with Gasteiger partial charge in [0.15, 0.2) is 0 Å². The fraction of sp³-hybridized carbons (Fsp3) is 0.500. The Labute approximate surface area is 119 Å². The fourth-order valence-electron chi connectivity index (χ4n) is 2.49. The van der Waals surface area contributed by atoms with Gasteiger partial charge in [-0.2, -0.15) is 0 Å². The van der Waals surface area contributed by atoms with Gasteiger partial charge in [0.05, 0.1) is 0 Å². The highest BCUT2D eigenvalue weighted by molar-refractivity contribution is 9.10. The largest absolute Gasteiger partial charge is 0.304 e. The van der Waals surface area contributed by atoms with E-state index in [1.165, 1.54) is 37.7 Å². The molecule has 1 aliphatic rings.